The van der Waals surface area contributed by atoms with Crippen molar-refractivity contribution in [3.05, 3.63) is 0 Å². The van der Waals surface area contributed by atoms with Gasteiger partial charge in [-0.3, -0.25) is 0 Å². The van der Waals surface area contributed by atoms with Gasteiger partial charge in [0.15, 0.2) is 0 Å². The summed E-state index contributed by atoms with van der Waals surface area (Å²) in [5, 5.41) is 11.6. The molecule has 1 saturated carbocycles. The molecule has 106 valence electrons. The van der Waals surface area contributed by atoms with Crippen LogP contribution >= 0.6 is 0 Å². The van der Waals surface area contributed by atoms with Gasteiger partial charge in [-0.15, -0.1) is 0 Å². The molecule has 1 aliphatic carbocycles. The van der Waals surface area contributed by atoms with E-state index in [1.54, 1.807) is 13.8 Å². The highest BCUT2D eigenvalue weighted by Gasteiger charge is 2.25. The molecular weight excluding hydrogens is 252 g/mol. The molecule has 0 amide bonds. The molecule has 0 aromatic heterocycles. The molecule has 5 nitrogen and oxygen atoms in total. The van der Waals surface area contributed by atoms with Crippen molar-refractivity contribution in [1.82, 2.24) is 4.72 Å². The van der Waals surface area contributed by atoms with E-state index in [0.29, 0.717) is 18.4 Å². The summed E-state index contributed by atoms with van der Waals surface area (Å²) < 4.78 is 26.0. The lowest BCUT2D eigenvalue weighted by atomic mass is 9.80. The lowest BCUT2D eigenvalue weighted by molar-refractivity contribution is 0.288. The first-order valence-corrected chi connectivity index (χ1v) is 8.09. The van der Waals surface area contributed by atoms with Gasteiger partial charge in [0.05, 0.1) is 11.0 Å². The summed E-state index contributed by atoms with van der Waals surface area (Å²) in [6, 6.07) is 0. The molecule has 18 heavy (non-hydrogen) atoms. The zero-order valence-corrected chi connectivity index (χ0v) is 12.2. The number of nitrogens with one attached hydrogen (secondary N) is 1. The van der Waals surface area contributed by atoms with Crippen LogP contribution in [-0.2, 0) is 10.0 Å². The lowest BCUT2D eigenvalue weighted by Gasteiger charge is -2.28. The summed E-state index contributed by atoms with van der Waals surface area (Å²) >= 11 is 0. The molecule has 1 fully saturated rings. The van der Waals surface area contributed by atoms with Gasteiger partial charge >= 0.3 is 0 Å². The topological polar surface area (TPSA) is 78.8 Å². The molecule has 1 rings (SSSR count). The van der Waals surface area contributed by atoms with Crippen molar-refractivity contribution >= 4 is 15.7 Å². The first-order chi connectivity index (χ1) is 8.36. The summed E-state index contributed by atoms with van der Waals surface area (Å²) in [4.78, 5) is 0. The Morgan fingerprint density at radius 2 is 1.89 bits per heavy atom. The molecule has 0 radical (unpaired) electrons. The van der Waals surface area contributed by atoms with Gasteiger partial charge in [0.2, 0.25) is 10.0 Å². The molecule has 0 bridgehead atoms. The number of rotatable bonds is 5. The van der Waals surface area contributed by atoms with Gasteiger partial charge in [0.1, 0.15) is 0 Å². The van der Waals surface area contributed by atoms with Crippen LogP contribution in [0, 0.1) is 11.8 Å². The fraction of sp³-hybridized carbons (Fsp3) is 0.917. The van der Waals surface area contributed by atoms with Crippen molar-refractivity contribution < 1.29 is 13.6 Å². The molecular formula is C12H24N2O3S. The molecule has 6 heteroatoms. The van der Waals surface area contributed by atoms with Gasteiger partial charge in [0.25, 0.3) is 0 Å². The zero-order valence-electron chi connectivity index (χ0n) is 11.4. The maximum atomic E-state index is 11.7. The highest BCUT2D eigenvalue weighted by atomic mass is 32.2. The zero-order chi connectivity index (χ0) is 13.8. The van der Waals surface area contributed by atoms with Gasteiger partial charge in [-0.2, -0.15) is 0 Å². The van der Waals surface area contributed by atoms with Crippen molar-refractivity contribution in [2.75, 3.05) is 6.54 Å². The highest BCUT2D eigenvalue weighted by Crippen LogP contribution is 2.28. The van der Waals surface area contributed by atoms with Gasteiger partial charge in [0, 0.05) is 6.54 Å². The molecule has 0 saturated heterocycles. The van der Waals surface area contributed by atoms with Crippen LogP contribution in [0.1, 0.15) is 46.5 Å². The second-order valence-corrected chi connectivity index (χ2v) is 7.74. The predicted molar refractivity (Wildman–Crippen MR) is 72.4 cm³/mol. The third-order valence-electron chi connectivity index (χ3n) is 3.78. The SMILES string of the molecule is CC(CNS(=O)(=O)C(C)C)C1CCC(=NO)CC1. The van der Waals surface area contributed by atoms with E-state index in [9.17, 15) is 8.42 Å². The minimum atomic E-state index is -3.16. The first kappa shape index (κ1) is 15.4. The average Bonchev–Trinajstić information content (AvgIpc) is 2.36. The molecule has 1 atom stereocenters. The Balaban J connectivity index is 2.41. The minimum Gasteiger partial charge on any atom is -0.411 e. The number of nitrogens with zero attached hydrogens (tertiary/aromatic N) is 1. The number of hydrogen-bond acceptors (Lipinski definition) is 4. The highest BCUT2D eigenvalue weighted by molar-refractivity contribution is 7.90. The van der Waals surface area contributed by atoms with Crippen molar-refractivity contribution in [2.24, 2.45) is 17.0 Å². The van der Waals surface area contributed by atoms with E-state index in [-0.39, 0.29) is 5.25 Å². The quantitative estimate of drug-likeness (QED) is 0.595. The summed E-state index contributed by atoms with van der Waals surface area (Å²) in [7, 11) is -3.16. The van der Waals surface area contributed by atoms with E-state index in [2.05, 4.69) is 16.8 Å². The van der Waals surface area contributed by atoms with Gasteiger partial charge in [-0.1, -0.05) is 12.1 Å². The van der Waals surface area contributed by atoms with E-state index in [1.807, 2.05) is 0 Å². The van der Waals surface area contributed by atoms with Crippen LogP contribution in [0.4, 0.5) is 0 Å². The summed E-state index contributed by atoms with van der Waals surface area (Å²) in [5.41, 5.74) is 0.862. The largest absolute Gasteiger partial charge is 0.411 e. The second kappa shape index (κ2) is 6.52. The Morgan fingerprint density at radius 3 is 2.33 bits per heavy atom. The van der Waals surface area contributed by atoms with Gasteiger partial charge in [-0.25, -0.2) is 13.1 Å². The maximum absolute atomic E-state index is 11.7. The predicted octanol–water partition coefficient (Wildman–Crippen LogP) is 1.97. The van der Waals surface area contributed by atoms with E-state index < -0.39 is 10.0 Å². The fourth-order valence-electron chi connectivity index (χ4n) is 2.22. The number of oxime groups is 1. The van der Waals surface area contributed by atoms with Crippen LogP contribution in [0.15, 0.2) is 5.16 Å². The monoisotopic (exact) mass is 276 g/mol. The third-order valence-corrected chi connectivity index (χ3v) is 5.59. The first-order valence-electron chi connectivity index (χ1n) is 6.55. The molecule has 0 aromatic carbocycles. The maximum Gasteiger partial charge on any atom is 0.213 e. The van der Waals surface area contributed by atoms with Crippen LogP contribution in [0.3, 0.4) is 0 Å². The molecule has 0 aromatic rings. The molecule has 0 heterocycles. The molecule has 1 aliphatic rings. The van der Waals surface area contributed by atoms with Crippen LogP contribution in [-0.4, -0.2) is 31.1 Å². The Morgan fingerprint density at radius 1 is 1.33 bits per heavy atom. The molecule has 2 N–H and O–H groups in total. The van der Waals surface area contributed by atoms with E-state index in [0.717, 1.165) is 31.4 Å². The summed E-state index contributed by atoms with van der Waals surface area (Å²) in [6.45, 7) is 5.93. The molecule has 0 spiro atoms. The van der Waals surface area contributed by atoms with Crippen LogP contribution in [0.2, 0.25) is 0 Å². The van der Waals surface area contributed by atoms with Crippen molar-refractivity contribution in [1.29, 1.82) is 0 Å². The minimum absolute atomic E-state index is 0.318. The average molecular weight is 276 g/mol. The standard InChI is InChI=1S/C12H24N2O3S/c1-9(2)18(16,17)13-8-10(3)11-4-6-12(14-15)7-5-11/h9-11,13,15H,4-8H2,1-3H3. The number of hydrogen-bond donors (Lipinski definition) is 2. The van der Waals surface area contributed by atoms with Gasteiger partial charge in [-0.05, 0) is 51.4 Å². The Hall–Kier alpha value is -0.620. The van der Waals surface area contributed by atoms with Crippen LogP contribution in [0.25, 0.3) is 0 Å². The molecule has 1 unspecified atom stereocenters. The Labute approximate surface area is 110 Å². The number of sulfonamides is 1. The fourth-order valence-corrected chi connectivity index (χ4v) is 3.05. The lowest BCUT2D eigenvalue weighted by Crippen LogP contribution is -2.36. The van der Waals surface area contributed by atoms with Crippen LogP contribution in [0.5, 0.6) is 0 Å². The van der Waals surface area contributed by atoms with E-state index in [1.165, 1.54) is 0 Å². The van der Waals surface area contributed by atoms with E-state index in [4.69, 9.17) is 5.21 Å². The van der Waals surface area contributed by atoms with Crippen molar-refractivity contribution in [2.45, 2.75) is 51.7 Å². The van der Waals surface area contributed by atoms with Crippen molar-refractivity contribution in [3.8, 4) is 0 Å². The van der Waals surface area contributed by atoms with E-state index >= 15 is 0 Å². The Kier molecular flexibility index (Phi) is 5.59. The summed E-state index contributed by atoms with van der Waals surface area (Å²) in [6.07, 6.45) is 3.60. The van der Waals surface area contributed by atoms with Crippen LogP contribution < -0.4 is 4.72 Å². The smallest absolute Gasteiger partial charge is 0.213 e. The molecule has 0 aliphatic heterocycles. The normalized spacial score (nSPS) is 23.1. The third kappa shape index (κ3) is 4.24. The Bertz CT molecular complexity index is 380. The van der Waals surface area contributed by atoms with Gasteiger partial charge < -0.3 is 5.21 Å². The summed E-state index contributed by atoms with van der Waals surface area (Å²) in [5.74, 6) is 0.823. The second-order valence-electron chi connectivity index (χ2n) is 5.42. The van der Waals surface area contributed by atoms with Crippen molar-refractivity contribution in [3.63, 3.8) is 0 Å².